The quantitative estimate of drug-likeness (QED) is 0.643. The number of carbonyl (C=O) groups excluding carboxylic acids is 1. The predicted molar refractivity (Wildman–Crippen MR) is 116 cm³/mol. The van der Waals surface area contributed by atoms with Crippen molar-refractivity contribution in [2.45, 2.75) is 19.0 Å². The Morgan fingerprint density at radius 3 is 2.55 bits per heavy atom. The van der Waals surface area contributed by atoms with Crippen molar-refractivity contribution < 1.29 is 9.53 Å². The van der Waals surface area contributed by atoms with E-state index in [1.807, 2.05) is 58.7 Å². The van der Waals surface area contributed by atoms with E-state index in [9.17, 15) is 4.79 Å². The number of carbonyl (C=O) groups is 1. The van der Waals surface area contributed by atoms with Gasteiger partial charge in [-0.25, -0.2) is 0 Å². The molecule has 1 amide bonds. The standard InChI is InChI=1S/C24H24N2O2S/c27-24(17-28-22-8-6-19(7-9-22)18-4-2-1-3-5-18)26-15-21(16-26)25-12-10-23-20(14-25)11-13-29-23/h1-9,11,13,21H,10,12,14-17H2. The average molecular weight is 405 g/mol. The number of thiophene rings is 1. The third-order valence-electron chi connectivity index (χ3n) is 5.89. The number of hydrogen-bond acceptors (Lipinski definition) is 4. The highest BCUT2D eigenvalue weighted by Crippen LogP contribution is 2.28. The number of hydrogen-bond donors (Lipinski definition) is 0. The van der Waals surface area contributed by atoms with Gasteiger partial charge in [0, 0.05) is 37.1 Å². The summed E-state index contributed by atoms with van der Waals surface area (Å²) >= 11 is 1.87. The number of fused-ring (bicyclic) bond motifs is 1. The molecule has 2 aromatic carbocycles. The van der Waals surface area contributed by atoms with E-state index in [0.717, 1.165) is 43.9 Å². The Hall–Kier alpha value is -2.63. The molecule has 1 aromatic heterocycles. The second-order valence-electron chi connectivity index (χ2n) is 7.72. The van der Waals surface area contributed by atoms with Crippen molar-refractivity contribution in [1.82, 2.24) is 9.80 Å². The van der Waals surface area contributed by atoms with Gasteiger partial charge < -0.3 is 9.64 Å². The molecule has 1 saturated heterocycles. The lowest BCUT2D eigenvalue weighted by atomic mass is 10.0. The highest BCUT2D eigenvalue weighted by molar-refractivity contribution is 7.10. The lowest BCUT2D eigenvalue weighted by Crippen LogP contribution is -2.62. The molecule has 3 heterocycles. The first-order chi connectivity index (χ1) is 14.3. The maximum atomic E-state index is 12.5. The Morgan fingerprint density at radius 1 is 1.00 bits per heavy atom. The van der Waals surface area contributed by atoms with E-state index in [0.29, 0.717) is 6.04 Å². The van der Waals surface area contributed by atoms with Crippen molar-refractivity contribution in [3.05, 3.63) is 76.5 Å². The lowest BCUT2D eigenvalue weighted by Gasteiger charge is -2.46. The van der Waals surface area contributed by atoms with Crippen LogP contribution >= 0.6 is 11.3 Å². The normalized spacial score (nSPS) is 16.9. The maximum absolute atomic E-state index is 12.5. The Bertz CT molecular complexity index is 978. The van der Waals surface area contributed by atoms with E-state index >= 15 is 0 Å². The molecule has 0 radical (unpaired) electrons. The molecule has 2 aliphatic rings. The van der Waals surface area contributed by atoms with Gasteiger partial charge in [-0.1, -0.05) is 42.5 Å². The van der Waals surface area contributed by atoms with E-state index in [-0.39, 0.29) is 12.5 Å². The summed E-state index contributed by atoms with van der Waals surface area (Å²) < 4.78 is 5.73. The fourth-order valence-corrected chi connectivity index (χ4v) is 4.97. The summed E-state index contributed by atoms with van der Waals surface area (Å²) in [6.07, 6.45) is 1.14. The molecule has 4 nitrogen and oxygen atoms in total. The van der Waals surface area contributed by atoms with Crippen LogP contribution in [0.15, 0.2) is 66.0 Å². The van der Waals surface area contributed by atoms with Gasteiger partial charge in [0.25, 0.3) is 5.91 Å². The van der Waals surface area contributed by atoms with Crippen LogP contribution in [0.25, 0.3) is 11.1 Å². The van der Waals surface area contributed by atoms with Gasteiger partial charge in [-0.3, -0.25) is 9.69 Å². The van der Waals surface area contributed by atoms with E-state index in [1.165, 1.54) is 16.0 Å². The van der Waals surface area contributed by atoms with Gasteiger partial charge in [-0.15, -0.1) is 11.3 Å². The fourth-order valence-electron chi connectivity index (χ4n) is 4.08. The van der Waals surface area contributed by atoms with Gasteiger partial charge in [-0.05, 0) is 46.7 Å². The first-order valence-electron chi connectivity index (χ1n) is 10.1. The molecule has 29 heavy (non-hydrogen) atoms. The van der Waals surface area contributed by atoms with Gasteiger partial charge in [0.1, 0.15) is 5.75 Å². The molecule has 1 fully saturated rings. The minimum Gasteiger partial charge on any atom is -0.484 e. The van der Waals surface area contributed by atoms with Crippen molar-refractivity contribution in [3.63, 3.8) is 0 Å². The van der Waals surface area contributed by atoms with Crippen molar-refractivity contribution in [2.75, 3.05) is 26.2 Å². The van der Waals surface area contributed by atoms with Gasteiger partial charge in [-0.2, -0.15) is 0 Å². The van der Waals surface area contributed by atoms with Crippen LogP contribution in [0.1, 0.15) is 10.4 Å². The number of likely N-dealkylation sites (tertiary alicyclic amines) is 1. The Labute approximate surface area is 175 Å². The molecule has 5 rings (SSSR count). The van der Waals surface area contributed by atoms with Crippen molar-refractivity contribution in [1.29, 1.82) is 0 Å². The van der Waals surface area contributed by atoms with E-state index in [4.69, 9.17) is 4.74 Å². The Morgan fingerprint density at radius 2 is 1.76 bits per heavy atom. The second kappa shape index (κ2) is 8.01. The van der Waals surface area contributed by atoms with Crippen LogP contribution in [0, 0.1) is 0 Å². The van der Waals surface area contributed by atoms with Gasteiger partial charge in [0.2, 0.25) is 0 Å². The SMILES string of the molecule is O=C(COc1ccc(-c2ccccc2)cc1)N1CC(N2CCc3sccc3C2)C1. The number of benzene rings is 2. The summed E-state index contributed by atoms with van der Waals surface area (Å²) in [5.74, 6) is 0.803. The first-order valence-corrected chi connectivity index (χ1v) is 11.0. The molecule has 5 heteroatoms. The molecule has 2 aliphatic heterocycles. The van der Waals surface area contributed by atoms with E-state index < -0.39 is 0 Å². The first kappa shape index (κ1) is 18.4. The van der Waals surface area contributed by atoms with Crippen LogP contribution in [0.4, 0.5) is 0 Å². The van der Waals surface area contributed by atoms with Crippen LogP contribution in [0.5, 0.6) is 5.75 Å². The molecule has 0 bridgehead atoms. The van der Waals surface area contributed by atoms with Crippen molar-refractivity contribution in [2.24, 2.45) is 0 Å². The third-order valence-corrected chi connectivity index (χ3v) is 6.92. The summed E-state index contributed by atoms with van der Waals surface area (Å²) in [5.41, 5.74) is 3.78. The molecule has 0 N–H and O–H groups in total. The highest BCUT2D eigenvalue weighted by Gasteiger charge is 2.36. The molecule has 0 saturated carbocycles. The van der Waals surface area contributed by atoms with Gasteiger partial charge in [0.05, 0.1) is 0 Å². The molecule has 3 aromatic rings. The molecule has 0 unspecified atom stereocenters. The summed E-state index contributed by atoms with van der Waals surface area (Å²) in [7, 11) is 0. The predicted octanol–water partition coefficient (Wildman–Crippen LogP) is 4.06. The Balaban J connectivity index is 1.09. The second-order valence-corrected chi connectivity index (χ2v) is 8.72. The van der Waals surface area contributed by atoms with Gasteiger partial charge >= 0.3 is 0 Å². The average Bonchev–Trinajstić information content (AvgIpc) is 3.20. The minimum absolute atomic E-state index is 0.0709. The molecule has 148 valence electrons. The fraction of sp³-hybridized carbons (Fsp3) is 0.292. The number of ether oxygens (including phenoxy) is 1. The Kier molecular flexibility index (Phi) is 5.08. The minimum atomic E-state index is 0.0709. The summed E-state index contributed by atoms with van der Waals surface area (Å²) in [5, 5.41) is 2.19. The van der Waals surface area contributed by atoms with Crippen LogP contribution in [-0.4, -0.2) is 48.0 Å². The monoisotopic (exact) mass is 404 g/mol. The summed E-state index contributed by atoms with van der Waals surface area (Å²) in [4.78, 5) is 18.4. The van der Waals surface area contributed by atoms with E-state index in [2.05, 4.69) is 28.5 Å². The smallest absolute Gasteiger partial charge is 0.260 e. The summed E-state index contributed by atoms with van der Waals surface area (Å²) in [6.45, 7) is 3.86. The third kappa shape index (κ3) is 3.93. The molecule has 0 atom stereocenters. The zero-order valence-electron chi connectivity index (χ0n) is 16.3. The van der Waals surface area contributed by atoms with Crippen LogP contribution in [0.3, 0.4) is 0 Å². The van der Waals surface area contributed by atoms with Gasteiger partial charge in [0.15, 0.2) is 6.61 Å². The molecular weight excluding hydrogens is 380 g/mol. The van der Waals surface area contributed by atoms with Crippen LogP contribution in [-0.2, 0) is 17.8 Å². The number of rotatable bonds is 5. The topological polar surface area (TPSA) is 32.8 Å². The zero-order valence-corrected chi connectivity index (χ0v) is 17.1. The largest absolute Gasteiger partial charge is 0.484 e. The van der Waals surface area contributed by atoms with Crippen molar-refractivity contribution in [3.8, 4) is 16.9 Å². The highest BCUT2D eigenvalue weighted by atomic mass is 32.1. The summed E-state index contributed by atoms with van der Waals surface area (Å²) in [6, 6.07) is 20.9. The molecule has 0 spiro atoms. The van der Waals surface area contributed by atoms with Crippen molar-refractivity contribution >= 4 is 17.2 Å². The number of amides is 1. The van der Waals surface area contributed by atoms with Crippen LogP contribution < -0.4 is 4.74 Å². The molecular formula is C24H24N2O2S. The number of nitrogens with zero attached hydrogens (tertiary/aromatic N) is 2. The van der Waals surface area contributed by atoms with E-state index in [1.54, 1.807) is 0 Å². The molecule has 0 aliphatic carbocycles. The maximum Gasteiger partial charge on any atom is 0.260 e. The lowest BCUT2D eigenvalue weighted by molar-refractivity contribution is -0.141. The zero-order chi connectivity index (χ0) is 19.6. The van der Waals surface area contributed by atoms with Crippen LogP contribution in [0.2, 0.25) is 0 Å².